The Bertz CT molecular complexity index is 563. The average molecular weight is 346 g/mol. The summed E-state index contributed by atoms with van der Waals surface area (Å²) in [6.07, 6.45) is 12.6. The van der Waals surface area contributed by atoms with Gasteiger partial charge in [0, 0.05) is 5.54 Å². The average Bonchev–Trinajstić information content (AvgIpc) is 2.79. The van der Waals surface area contributed by atoms with Gasteiger partial charge in [0.05, 0.1) is 13.2 Å². The van der Waals surface area contributed by atoms with Crippen LogP contribution in [0.15, 0.2) is 24.3 Å². The number of aliphatic hydroxyl groups is 1. The Morgan fingerprint density at radius 3 is 2.76 bits per heavy atom. The molecule has 3 nitrogen and oxygen atoms in total. The zero-order valence-corrected chi connectivity index (χ0v) is 16.0. The van der Waals surface area contributed by atoms with E-state index in [0.29, 0.717) is 6.42 Å². The fraction of sp³-hybridized carbons (Fsp3) is 0.636. The third kappa shape index (κ3) is 6.48. The van der Waals surface area contributed by atoms with E-state index in [9.17, 15) is 5.11 Å². The molecule has 0 bridgehead atoms. The van der Waals surface area contributed by atoms with Gasteiger partial charge in [-0.1, -0.05) is 44.7 Å². The van der Waals surface area contributed by atoms with Crippen molar-refractivity contribution in [3.05, 3.63) is 35.4 Å². The van der Waals surface area contributed by atoms with Gasteiger partial charge in [-0.15, -0.1) is 0 Å². The van der Waals surface area contributed by atoms with Gasteiger partial charge in [-0.2, -0.15) is 0 Å². The second kappa shape index (κ2) is 9.98. The fourth-order valence-electron chi connectivity index (χ4n) is 3.41. The van der Waals surface area contributed by atoms with Crippen LogP contribution in [0, 0.1) is 0 Å². The smallest absolute Gasteiger partial charge is 0.119 e. The van der Waals surface area contributed by atoms with Gasteiger partial charge in [0.1, 0.15) is 5.75 Å². The summed E-state index contributed by atoms with van der Waals surface area (Å²) in [6, 6.07) is 6.45. The van der Waals surface area contributed by atoms with Gasteiger partial charge in [-0.3, -0.25) is 0 Å². The molecule has 0 radical (unpaired) electrons. The molecule has 0 amide bonds. The van der Waals surface area contributed by atoms with E-state index in [1.54, 1.807) is 0 Å². The van der Waals surface area contributed by atoms with Crippen LogP contribution >= 0.6 is 0 Å². The predicted molar refractivity (Wildman–Crippen MR) is 106 cm³/mol. The van der Waals surface area contributed by atoms with Crippen molar-refractivity contribution in [2.45, 2.75) is 77.2 Å². The van der Waals surface area contributed by atoms with E-state index < -0.39 is 5.54 Å². The molecule has 1 aromatic rings. The molecule has 0 saturated carbocycles. The van der Waals surface area contributed by atoms with Gasteiger partial charge >= 0.3 is 0 Å². The van der Waals surface area contributed by atoms with Crippen molar-refractivity contribution in [2.75, 3.05) is 13.2 Å². The summed E-state index contributed by atoms with van der Waals surface area (Å²) >= 11 is 0. The quantitative estimate of drug-likeness (QED) is 0.596. The highest BCUT2D eigenvalue weighted by molar-refractivity contribution is 5.70. The van der Waals surface area contributed by atoms with Gasteiger partial charge in [-0.25, -0.2) is 0 Å². The Kier molecular flexibility index (Phi) is 7.98. The first kappa shape index (κ1) is 20.0. The van der Waals surface area contributed by atoms with Gasteiger partial charge in [0.15, 0.2) is 0 Å². The van der Waals surface area contributed by atoms with Crippen LogP contribution in [-0.2, 0) is 6.42 Å². The highest BCUT2D eigenvalue weighted by atomic mass is 16.5. The van der Waals surface area contributed by atoms with Crippen molar-refractivity contribution in [1.29, 1.82) is 0 Å². The molecule has 140 valence electrons. The Hall–Kier alpha value is -1.32. The highest BCUT2D eigenvalue weighted by Gasteiger charge is 2.22. The third-order valence-corrected chi connectivity index (χ3v) is 4.94. The minimum absolute atomic E-state index is 0.00109. The molecule has 0 heterocycles. The molecule has 3 heteroatoms. The van der Waals surface area contributed by atoms with Crippen molar-refractivity contribution >= 4 is 5.57 Å². The molecule has 1 atom stereocenters. The van der Waals surface area contributed by atoms with E-state index in [1.165, 1.54) is 42.4 Å². The Balaban J connectivity index is 1.99. The number of ether oxygens (including phenoxy) is 1. The lowest BCUT2D eigenvalue weighted by atomic mass is 9.88. The summed E-state index contributed by atoms with van der Waals surface area (Å²) < 4.78 is 5.97. The molecule has 1 aromatic carbocycles. The summed E-state index contributed by atoms with van der Waals surface area (Å²) in [7, 11) is 0. The Morgan fingerprint density at radius 1 is 1.20 bits per heavy atom. The first-order chi connectivity index (χ1) is 12.1. The number of benzene rings is 1. The van der Waals surface area contributed by atoms with Gasteiger partial charge in [0.25, 0.3) is 0 Å². The van der Waals surface area contributed by atoms with Gasteiger partial charge in [-0.05, 0) is 67.9 Å². The van der Waals surface area contributed by atoms with E-state index in [2.05, 4.69) is 31.2 Å². The zero-order valence-electron chi connectivity index (χ0n) is 16.0. The normalized spacial score (nSPS) is 16.6. The minimum Gasteiger partial charge on any atom is -0.494 e. The van der Waals surface area contributed by atoms with E-state index in [-0.39, 0.29) is 6.61 Å². The summed E-state index contributed by atoms with van der Waals surface area (Å²) in [5, 5.41) is 9.49. The van der Waals surface area contributed by atoms with E-state index in [1.807, 2.05) is 6.92 Å². The van der Waals surface area contributed by atoms with Crippen LogP contribution in [0.25, 0.3) is 5.57 Å². The molecule has 0 fully saturated rings. The highest BCUT2D eigenvalue weighted by Crippen LogP contribution is 2.33. The van der Waals surface area contributed by atoms with Gasteiger partial charge < -0.3 is 15.6 Å². The zero-order chi connectivity index (χ0) is 18.1. The van der Waals surface area contributed by atoms with E-state index in [4.69, 9.17) is 10.5 Å². The van der Waals surface area contributed by atoms with Crippen molar-refractivity contribution in [2.24, 2.45) is 5.73 Å². The molecule has 2 rings (SSSR count). The summed E-state index contributed by atoms with van der Waals surface area (Å²) in [5.41, 5.74) is 9.50. The summed E-state index contributed by atoms with van der Waals surface area (Å²) in [5.74, 6) is 0.980. The maximum atomic E-state index is 9.49. The topological polar surface area (TPSA) is 55.5 Å². The van der Waals surface area contributed by atoms with Crippen LogP contribution in [0.5, 0.6) is 5.75 Å². The number of aryl methyl sites for hydroxylation is 1. The van der Waals surface area contributed by atoms with Crippen molar-refractivity contribution in [3.63, 3.8) is 0 Å². The number of aliphatic hydroxyl groups excluding tert-OH is 1. The van der Waals surface area contributed by atoms with Gasteiger partial charge in [0.2, 0.25) is 0 Å². The van der Waals surface area contributed by atoms with Crippen LogP contribution < -0.4 is 10.5 Å². The number of unbranched alkanes of at least 4 members (excludes halogenated alkanes) is 4. The van der Waals surface area contributed by atoms with Crippen molar-refractivity contribution in [3.8, 4) is 5.75 Å². The van der Waals surface area contributed by atoms with Crippen LogP contribution in [0.3, 0.4) is 0 Å². The first-order valence-electron chi connectivity index (χ1n) is 9.90. The van der Waals surface area contributed by atoms with Crippen LogP contribution in [0.4, 0.5) is 0 Å². The summed E-state index contributed by atoms with van der Waals surface area (Å²) in [6.45, 7) is 4.95. The fourth-order valence-corrected chi connectivity index (χ4v) is 3.41. The maximum Gasteiger partial charge on any atom is 0.119 e. The molecule has 0 saturated heterocycles. The van der Waals surface area contributed by atoms with Crippen LogP contribution in [-0.4, -0.2) is 23.9 Å². The first-order valence-corrected chi connectivity index (χ1v) is 9.90. The molecule has 25 heavy (non-hydrogen) atoms. The molecule has 1 unspecified atom stereocenters. The lowest BCUT2D eigenvalue weighted by molar-refractivity contribution is 0.212. The molecule has 3 N–H and O–H groups in total. The molecular formula is C22H35NO2. The number of allylic oxidation sites excluding steroid dienone is 1. The number of hydrogen-bond donors (Lipinski definition) is 2. The molecule has 0 aromatic heterocycles. The van der Waals surface area contributed by atoms with Crippen molar-refractivity contribution in [1.82, 2.24) is 0 Å². The van der Waals surface area contributed by atoms with Crippen LogP contribution in [0.1, 0.15) is 76.3 Å². The predicted octanol–water partition coefficient (Wildman–Crippen LogP) is 4.86. The molecule has 1 aliphatic carbocycles. The lowest BCUT2D eigenvalue weighted by Gasteiger charge is -2.24. The second-order valence-corrected chi connectivity index (χ2v) is 7.69. The monoisotopic (exact) mass is 345 g/mol. The Morgan fingerprint density at radius 2 is 2.00 bits per heavy atom. The SMILES string of the molecule is CCCCCCCOc1ccc2c(c1)CCCC=C2CC(C)(N)CO. The Labute approximate surface area is 153 Å². The summed E-state index contributed by atoms with van der Waals surface area (Å²) in [4.78, 5) is 0. The molecule has 0 aliphatic heterocycles. The standard InChI is InChI=1S/C22H35NO2/c1-3-4-5-6-9-14-25-20-12-13-21-18(15-20)10-7-8-11-19(21)16-22(2,23)17-24/h11-13,15,24H,3-10,14,16-17,23H2,1-2H3. The number of hydrogen-bond acceptors (Lipinski definition) is 3. The van der Waals surface area contributed by atoms with E-state index in [0.717, 1.165) is 38.0 Å². The maximum absolute atomic E-state index is 9.49. The van der Waals surface area contributed by atoms with Crippen LogP contribution in [0.2, 0.25) is 0 Å². The number of fused-ring (bicyclic) bond motifs is 1. The third-order valence-electron chi connectivity index (χ3n) is 4.94. The molecular weight excluding hydrogens is 310 g/mol. The second-order valence-electron chi connectivity index (χ2n) is 7.69. The molecule has 0 spiro atoms. The van der Waals surface area contributed by atoms with E-state index >= 15 is 0 Å². The lowest BCUT2D eigenvalue weighted by Crippen LogP contribution is -2.40. The largest absolute Gasteiger partial charge is 0.494 e. The minimum atomic E-state index is -0.568. The number of nitrogens with two attached hydrogens (primary N) is 1. The molecule has 1 aliphatic rings. The number of rotatable bonds is 10. The van der Waals surface area contributed by atoms with Crippen molar-refractivity contribution < 1.29 is 9.84 Å².